The van der Waals surface area contributed by atoms with E-state index in [1.807, 2.05) is 17.9 Å². The molecule has 1 N–H and O–H groups in total. The smallest absolute Gasteiger partial charge is 0.148 e. The molecule has 0 aliphatic carbocycles. The average molecular weight is 288 g/mol. The number of aliphatic hydroxyl groups is 1. The standard InChI is InChI=1S/C12H20N2O4S/c1-9-5-11(18-13-9)6-10-7-14(8-12(10)15)3-4-19(2,16)17/h5,10,12,15H,3-4,6-8H2,1-2H3/t10-,12+/m1/s1. The molecule has 0 aromatic carbocycles. The van der Waals surface area contributed by atoms with Gasteiger partial charge in [-0.2, -0.15) is 0 Å². The zero-order valence-corrected chi connectivity index (χ0v) is 12.1. The fraction of sp³-hybridized carbons (Fsp3) is 0.750. The Morgan fingerprint density at radius 3 is 2.84 bits per heavy atom. The number of hydrogen-bond donors (Lipinski definition) is 1. The number of rotatable bonds is 5. The number of β-amino-alcohol motifs (C(OH)–C–C–N with tert-alkyl or cyclic N) is 1. The lowest BCUT2D eigenvalue weighted by Crippen LogP contribution is -2.27. The highest BCUT2D eigenvalue weighted by atomic mass is 32.2. The lowest BCUT2D eigenvalue weighted by molar-refractivity contribution is 0.138. The number of aliphatic hydroxyl groups excluding tert-OH is 1. The first kappa shape index (κ1) is 14.5. The maximum atomic E-state index is 11.1. The highest BCUT2D eigenvalue weighted by molar-refractivity contribution is 7.90. The number of nitrogens with zero attached hydrogens (tertiary/aromatic N) is 2. The summed E-state index contributed by atoms with van der Waals surface area (Å²) in [5.74, 6) is 0.979. The van der Waals surface area contributed by atoms with Crippen LogP contribution < -0.4 is 0 Å². The normalized spacial score (nSPS) is 25.0. The Hall–Kier alpha value is -0.920. The number of aryl methyl sites for hydroxylation is 1. The van der Waals surface area contributed by atoms with Crippen molar-refractivity contribution >= 4 is 9.84 Å². The van der Waals surface area contributed by atoms with Gasteiger partial charge in [0.2, 0.25) is 0 Å². The van der Waals surface area contributed by atoms with Crippen molar-refractivity contribution in [3.63, 3.8) is 0 Å². The molecule has 108 valence electrons. The van der Waals surface area contributed by atoms with Crippen LogP contribution in [0.5, 0.6) is 0 Å². The van der Waals surface area contributed by atoms with E-state index in [0.717, 1.165) is 11.5 Å². The Bertz CT molecular complexity index is 526. The summed E-state index contributed by atoms with van der Waals surface area (Å²) in [6.45, 7) is 3.54. The molecule has 1 aromatic rings. The zero-order chi connectivity index (χ0) is 14.0. The Balaban J connectivity index is 1.87. The molecule has 0 radical (unpaired) electrons. The minimum atomic E-state index is -2.95. The largest absolute Gasteiger partial charge is 0.391 e. The quantitative estimate of drug-likeness (QED) is 0.812. The molecule has 1 fully saturated rings. The van der Waals surface area contributed by atoms with E-state index in [2.05, 4.69) is 5.16 Å². The van der Waals surface area contributed by atoms with Gasteiger partial charge in [-0.1, -0.05) is 5.16 Å². The molecule has 6 nitrogen and oxygen atoms in total. The van der Waals surface area contributed by atoms with Gasteiger partial charge in [0.05, 0.1) is 17.6 Å². The average Bonchev–Trinajstić information content (AvgIpc) is 2.83. The molecule has 7 heteroatoms. The molecule has 1 aliphatic heterocycles. The molecule has 0 spiro atoms. The van der Waals surface area contributed by atoms with Gasteiger partial charge in [0.1, 0.15) is 15.6 Å². The molecule has 0 bridgehead atoms. The molecule has 1 saturated heterocycles. The Labute approximate surface area is 113 Å². The van der Waals surface area contributed by atoms with Gasteiger partial charge in [0, 0.05) is 44.3 Å². The van der Waals surface area contributed by atoms with Crippen molar-refractivity contribution in [1.29, 1.82) is 0 Å². The third-order valence-electron chi connectivity index (χ3n) is 3.40. The van der Waals surface area contributed by atoms with E-state index >= 15 is 0 Å². The molecule has 0 amide bonds. The lowest BCUT2D eigenvalue weighted by atomic mass is 10.0. The van der Waals surface area contributed by atoms with Gasteiger partial charge in [-0.15, -0.1) is 0 Å². The minimum Gasteiger partial charge on any atom is -0.391 e. The second kappa shape index (κ2) is 5.60. The van der Waals surface area contributed by atoms with E-state index in [1.54, 1.807) is 0 Å². The van der Waals surface area contributed by atoms with Gasteiger partial charge >= 0.3 is 0 Å². The Morgan fingerprint density at radius 1 is 1.53 bits per heavy atom. The molecule has 0 saturated carbocycles. The second-order valence-electron chi connectivity index (χ2n) is 5.36. The monoisotopic (exact) mass is 288 g/mol. The van der Waals surface area contributed by atoms with Crippen LogP contribution >= 0.6 is 0 Å². The summed E-state index contributed by atoms with van der Waals surface area (Å²) < 4.78 is 27.4. The van der Waals surface area contributed by atoms with Crippen LogP contribution in [-0.4, -0.2) is 61.3 Å². The summed E-state index contributed by atoms with van der Waals surface area (Å²) in [4.78, 5) is 1.99. The van der Waals surface area contributed by atoms with Crippen LogP contribution in [0.1, 0.15) is 11.5 Å². The van der Waals surface area contributed by atoms with Crippen LogP contribution in [0.15, 0.2) is 10.6 Å². The van der Waals surface area contributed by atoms with Crippen molar-refractivity contribution in [3.05, 3.63) is 17.5 Å². The predicted molar refractivity (Wildman–Crippen MR) is 70.6 cm³/mol. The van der Waals surface area contributed by atoms with Gasteiger partial charge in [0.25, 0.3) is 0 Å². The molecule has 2 rings (SSSR count). The topological polar surface area (TPSA) is 83.6 Å². The Kier molecular flexibility index (Phi) is 4.27. The van der Waals surface area contributed by atoms with Crippen molar-refractivity contribution < 1.29 is 18.0 Å². The first-order valence-corrected chi connectivity index (χ1v) is 8.40. The molecule has 2 atom stereocenters. The molecular formula is C12H20N2O4S. The highest BCUT2D eigenvalue weighted by Gasteiger charge is 2.32. The number of sulfone groups is 1. The van der Waals surface area contributed by atoms with E-state index in [1.165, 1.54) is 6.26 Å². The van der Waals surface area contributed by atoms with Gasteiger partial charge in [-0.05, 0) is 6.92 Å². The summed E-state index contributed by atoms with van der Waals surface area (Å²) in [6.07, 6.45) is 1.43. The molecule has 1 aromatic heterocycles. The first-order valence-electron chi connectivity index (χ1n) is 6.34. The third-order valence-corrected chi connectivity index (χ3v) is 4.32. The molecule has 2 heterocycles. The van der Waals surface area contributed by atoms with Crippen LogP contribution in [0.3, 0.4) is 0 Å². The zero-order valence-electron chi connectivity index (χ0n) is 11.2. The van der Waals surface area contributed by atoms with E-state index in [-0.39, 0.29) is 11.7 Å². The Morgan fingerprint density at radius 2 is 2.26 bits per heavy atom. The van der Waals surface area contributed by atoms with Crippen LogP contribution in [0.4, 0.5) is 0 Å². The van der Waals surface area contributed by atoms with E-state index < -0.39 is 15.9 Å². The van der Waals surface area contributed by atoms with Gasteiger partial charge in [0.15, 0.2) is 0 Å². The summed E-state index contributed by atoms with van der Waals surface area (Å²) in [5.41, 5.74) is 0.830. The molecule has 0 unspecified atom stereocenters. The lowest BCUT2D eigenvalue weighted by Gasteiger charge is -2.14. The second-order valence-corrected chi connectivity index (χ2v) is 7.62. The number of aromatic nitrogens is 1. The van der Waals surface area contributed by atoms with Crippen molar-refractivity contribution in [2.24, 2.45) is 5.92 Å². The maximum Gasteiger partial charge on any atom is 0.148 e. The number of likely N-dealkylation sites (tertiary alicyclic amines) is 1. The summed E-state index contributed by atoms with van der Waals surface area (Å²) >= 11 is 0. The van der Waals surface area contributed by atoms with Crippen LogP contribution in [0, 0.1) is 12.8 Å². The van der Waals surface area contributed by atoms with Crippen molar-refractivity contribution in [2.45, 2.75) is 19.4 Å². The summed E-state index contributed by atoms with van der Waals surface area (Å²) in [7, 11) is -2.95. The predicted octanol–water partition coefficient (Wildman–Crippen LogP) is -0.137. The van der Waals surface area contributed by atoms with Crippen molar-refractivity contribution in [1.82, 2.24) is 10.1 Å². The van der Waals surface area contributed by atoms with E-state index in [4.69, 9.17) is 4.52 Å². The van der Waals surface area contributed by atoms with Gasteiger partial charge < -0.3 is 9.63 Å². The highest BCUT2D eigenvalue weighted by Crippen LogP contribution is 2.21. The molecular weight excluding hydrogens is 268 g/mol. The molecule has 1 aliphatic rings. The summed E-state index contributed by atoms with van der Waals surface area (Å²) in [5, 5.41) is 13.8. The first-order chi connectivity index (χ1) is 8.83. The third kappa shape index (κ3) is 4.29. The number of hydrogen-bond acceptors (Lipinski definition) is 6. The van der Waals surface area contributed by atoms with Crippen LogP contribution in [-0.2, 0) is 16.3 Å². The van der Waals surface area contributed by atoms with E-state index in [9.17, 15) is 13.5 Å². The summed E-state index contributed by atoms with van der Waals surface area (Å²) in [6, 6.07) is 1.87. The SMILES string of the molecule is Cc1cc(C[C@@H]2CN(CCS(C)(=O)=O)C[C@@H]2O)on1. The fourth-order valence-corrected chi connectivity index (χ4v) is 2.98. The van der Waals surface area contributed by atoms with E-state index in [0.29, 0.717) is 26.1 Å². The fourth-order valence-electron chi connectivity index (χ4n) is 2.39. The minimum absolute atomic E-state index is 0.0758. The molecule has 19 heavy (non-hydrogen) atoms. The van der Waals surface area contributed by atoms with Crippen LogP contribution in [0.25, 0.3) is 0 Å². The van der Waals surface area contributed by atoms with Crippen molar-refractivity contribution in [3.8, 4) is 0 Å². The van der Waals surface area contributed by atoms with Crippen LogP contribution in [0.2, 0.25) is 0 Å². The maximum absolute atomic E-state index is 11.1. The van der Waals surface area contributed by atoms with Gasteiger partial charge in [-0.25, -0.2) is 8.42 Å². The van der Waals surface area contributed by atoms with Gasteiger partial charge in [-0.3, -0.25) is 4.90 Å². The van der Waals surface area contributed by atoms with Crippen molar-refractivity contribution in [2.75, 3.05) is 31.6 Å².